The molecule has 0 amide bonds. The molecule has 188 valence electrons. The van der Waals surface area contributed by atoms with Crippen molar-refractivity contribution in [1.82, 2.24) is 40.0 Å². The normalized spacial score (nSPS) is 13.0. The van der Waals surface area contributed by atoms with E-state index < -0.39 is 5.82 Å². The van der Waals surface area contributed by atoms with Crippen molar-refractivity contribution in [3.63, 3.8) is 0 Å². The summed E-state index contributed by atoms with van der Waals surface area (Å²) in [5.41, 5.74) is 4.48. The minimum atomic E-state index is -0.576. The van der Waals surface area contributed by atoms with Crippen LogP contribution in [0.15, 0.2) is 42.9 Å². The lowest BCUT2D eigenvalue weighted by atomic mass is 10.2. The summed E-state index contributed by atoms with van der Waals surface area (Å²) in [5, 5.41) is 7.52. The summed E-state index contributed by atoms with van der Waals surface area (Å²) in [6, 6.07) is 6.63. The quantitative estimate of drug-likeness (QED) is 0.361. The lowest BCUT2D eigenvalue weighted by Gasteiger charge is -2.23. The van der Waals surface area contributed by atoms with Crippen molar-refractivity contribution in [3.8, 4) is 22.8 Å². The van der Waals surface area contributed by atoms with Gasteiger partial charge in [-0.3, -0.25) is 14.6 Å². The van der Waals surface area contributed by atoms with Gasteiger partial charge in [-0.05, 0) is 12.1 Å². The number of hydrogen-bond acceptors (Lipinski definition) is 9. The molecular weight excluding hydrogens is 477 g/mol. The highest BCUT2D eigenvalue weighted by atomic mass is 19.1. The molecule has 0 unspecified atom stereocenters. The number of nitrogens with one attached hydrogen (secondary N) is 2. The molecule has 0 aliphatic carbocycles. The zero-order valence-electron chi connectivity index (χ0n) is 20.5. The first kappa shape index (κ1) is 22.9. The number of ether oxygens (including phenoxy) is 2. The predicted octanol–water partition coefficient (Wildman–Crippen LogP) is 3.42. The summed E-state index contributed by atoms with van der Waals surface area (Å²) in [6.45, 7) is 1.45. The van der Waals surface area contributed by atoms with Crippen LogP contribution >= 0.6 is 0 Å². The van der Waals surface area contributed by atoms with Crippen molar-refractivity contribution in [2.45, 2.75) is 13.0 Å². The third kappa shape index (κ3) is 4.10. The number of aryl methyl sites for hydroxylation is 1. The van der Waals surface area contributed by atoms with Crippen LogP contribution in [0.2, 0.25) is 0 Å². The van der Waals surface area contributed by atoms with E-state index >= 15 is 4.39 Å². The minimum Gasteiger partial charge on any atom is -0.497 e. The average Bonchev–Trinajstić information content (AvgIpc) is 3.55. The zero-order valence-corrected chi connectivity index (χ0v) is 20.5. The van der Waals surface area contributed by atoms with Crippen LogP contribution in [0.3, 0.4) is 0 Å². The number of aromatic amines is 1. The molecule has 0 atom stereocenters. The monoisotopic (exact) mass is 501 g/mol. The number of halogens is 1. The van der Waals surface area contributed by atoms with Crippen LogP contribution in [0.4, 0.5) is 21.8 Å². The molecule has 5 heterocycles. The Morgan fingerprint density at radius 1 is 1.08 bits per heavy atom. The van der Waals surface area contributed by atoms with Crippen LogP contribution < -0.4 is 19.7 Å². The maximum absolute atomic E-state index is 15.8. The number of rotatable bonds is 6. The van der Waals surface area contributed by atoms with Gasteiger partial charge in [0.2, 0.25) is 5.95 Å². The number of nitrogens with zero attached hydrogens (tertiary/aromatic N) is 7. The molecule has 0 spiro atoms. The maximum atomic E-state index is 15.8. The molecular formula is C25H24FN9O2. The molecule has 5 aromatic rings. The number of anilines is 3. The second-order valence-corrected chi connectivity index (χ2v) is 8.58. The van der Waals surface area contributed by atoms with E-state index in [-0.39, 0.29) is 11.4 Å². The number of imidazole rings is 1. The van der Waals surface area contributed by atoms with Gasteiger partial charge in [-0.1, -0.05) is 0 Å². The fourth-order valence-corrected chi connectivity index (χ4v) is 4.35. The molecule has 0 saturated heterocycles. The van der Waals surface area contributed by atoms with Gasteiger partial charge < -0.3 is 19.8 Å². The Bertz CT molecular complexity index is 1590. The second-order valence-electron chi connectivity index (χ2n) is 8.58. The van der Waals surface area contributed by atoms with E-state index in [9.17, 15) is 0 Å². The van der Waals surface area contributed by atoms with E-state index in [0.717, 1.165) is 29.9 Å². The van der Waals surface area contributed by atoms with Gasteiger partial charge in [0.25, 0.3) is 0 Å². The highest BCUT2D eigenvalue weighted by Gasteiger charge is 2.26. The Morgan fingerprint density at radius 2 is 1.97 bits per heavy atom. The third-order valence-corrected chi connectivity index (χ3v) is 6.22. The summed E-state index contributed by atoms with van der Waals surface area (Å²) in [7, 11) is 4.76. The number of aromatic nitrogens is 7. The first-order valence-corrected chi connectivity index (χ1v) is 11.7. The number of methoxy groups -OCH3 is 2. The Balaban J connectivity index is 1.54. The first-order chi connectivity index (χ1) is 18.0. The summed E-state index contributed by atoms with van der Waals surface area (Å²) < 4.78 is 28.2. The summed E-state index contributed by atoms with van der Waals surface area (Å²) in [5.74, 6) is 0.713. The van der Waals surface area contributed by atoms with Gasteiger partial charge in [0.1, 0.15) is 17.1 Å². The van der Waals surface area contributed by atoms with E-state index in [0.29, 0.717) is 40.9 Å². The lowest BCUT2D eigenvalue weighted by Crippen LogP contribution is -2.23. The summed E-state index contributed by atoms with van der Waals surface area (Å²) >= 11 is 0. The van der Waals surface area contributed by atoms with Crippen molar-refractivity contribution in [3.05, 3.63) is 60.1 Å². The van der Waals surface area contributed by atoms with Crippen molar-refractivity contribution in [2.24, 2.45) is 7.05 Å². The Labute approximate surface area is 211 Å². The number of benzene rings is 1. The minimum absolute atomic E-state index is 0.0387. The molecule has 1 aliphatic rings. The number of H-pyrrole nitrogens is 1. The van der Waals surface area contributed by atoms with E-state index in [4.69, 9.17) is 24.4 Å². The van der Waals surface area contributed by atoms with Crippen molar-refractivity contribution in [1.29, 1.82) is 0 Å². The van der Waals surface area contributed by atoms with Crippen LogP contribution in [0, 0.1) is 5.82 Å². The van der Waals surface area contributed by atoms with Gasteiger partial charge in [-0.25, -0.2) is 19.3 Å². The molecule has 12 heteroatoms. The van der Waals surface area contributed by atoms with Crippen molar-refractivity contribution < 1.29 is 13.9 Å². The lowest BCUT2D eigenvalue weighted by molar-refractivity contribution is 0.374. The second kappa shape index (κ2) is 9.13. The van der Waals surface area contributed by atoms with Crippen molar-refractivity contribution in [2.75, 3.05) is 25.7 Å². The van der Waals surface area contributed by atoms with Crippen LogP contribution in [0.25, 0.3) is 22.4 Å². The Morgan fingerprint density at radius 3 is 2.73 bits per heavy atom. The predicted molar refractivity (Wildman–Crippen MR) is 135 cm³/mol. The molecule has 0 saturated carbocycles. The molecule has 0 fully saturated rings. The fourth-order valence-electron chi connectivity index (χ4n) is 4.35. The maximum Gasteiger partial charge on any atom is 0.213 e. The fraction of sp³-hybridized carbons (Fsp3) is 0.240. The molecule has 0 bridgehead atoms. The van der Waals surface area contributed by atoms with E-state index in [1.165, 1.54) is 20.3 Å². The average molecular weight is 502 g/mol. The molecule has 6 rings (SSSR count). The highest BCUT2D eigenvalue weighted by molar-refractivity contribution is 5.80. The number of hydrogen-bond donors (Lipinski definition) is 2. The van der Waals surface area contributed by atoms with Crippen molar-refractivity contribution >= 4 is 28.6 Å². The molecule has 4 aromatic heterocycles. The van der Waals surface area contributed by atoms with E-state index in [1.54, 1.807) is 40.2 Å². The van der Waals surface area contributed by atoms with Gasteiger partial charge in [0, 0.05) is 56.1 Å². The number of pyridine rings is 1. The smallest absolute Gasteiger partial charge is 0.213 e. The van der Waals surface area contributed by atoms with E-state index in [1.807, 2.05) is 13.2 Å². The molecule has 37 heavy (non-hydrogen) atoms. The summed E-state index contributed by atoms with van der Waals surface area (Å²) in [4.78, 5) is 23.7. The molecule has 11 nitrogen and oxygen atoms in total. The van der Waals surface area contributed by atoms with Gasteiger partial charge in [0.05, 0.1) is 43.7 Å². The van der Waals surface area contributed by atoms with Crippen LogP contribution in [0.5, 0.6) is 11.5 Å². The van der Waals surface area contributed by atoms with Gasteiger partial charge in [0.15, 0.2) is 17.2 Å². The van der Waals surface area contributed by atoms with Crippen LogP contribution in [-0.4, -0.2) is 55.5 Å². The first-order valence-electron chi connectivity index (χ1n) is 11.7. The molecule has 1 aromatic carbocycles. The zero-order chi connectivity index (χ0) is 25.5. The van der Waals surface area contributed by atoms with Gasteiger partial charge in [-0.15, -0.1) is 0 Å². The standard InChI is InChI=1S/C25H24FN9O2/c1-34-13-14(10-29-34)18-12-28-17-4-5-22(33-24(17)30-18)35(25-31-16-6-7-27-11-19(16)32-25)20-8-15(36-2)9-21(37-3)23(20)26/h4-5,8-10,12-13,27H,6-7,11H2,1-3H3,(H,31,32). The van der Waals surface area contributed by atoms with Crippen LogP contribution in [-0.2, 0) is 20.0 Å². The number of fused-ring (bicyclic) bond motifs is 2. The van der Waals surface area contributed by atoms with Gasteiger partial charge in [-0.2, -0.15) is 5.10 Å². The largest absolute Gasteiger partial charge is 0.497 e. The van der Waals surface area contributed by atoms with Gasteiger partial charge >= 0.3 is 0 Å². The SMILES string of the molecule is COc1cc(OC)c(F)c(N(c2ccc3ncc(-c4cnn(C)c4)nc3n2)c2nc3c([nH]2)CCNC3)c1. The van der Waals surface area contributed by atoms with E-state index in [2.05, 4.69) is 20.4 Å². The Hall–Kier alpha value is -4.58. The third-order valence-electron chi connectivity index (χ3n) is 6.22. The summed E-state index contributed by atoms with van der Waals surface area (Å²) in [6.07, 6.45) is 6.03. The van der Waals surface area contributed by atoms with Crippen LogP contribution in [0.1, 0.15) is 11.4 Å². The molecule has 0 radical (unpaired) electrons. The molecule has 2 N–H and O–H groups in total. The topological polar surface area (TPSA) is 119 Å². The highest BCUT2D eigenvalue weighted by Crippen LogP contribution is 2.40. The Kier molecular flexibility index (Phi) is 5.64. The molecule has 1 aliphatic heterocycles.